The third-order valence-corrected chi connectivity index (χ3v) is 3.52. The summed E-state index contributed by atoms with van der Waals surface area (Å²) in [6.45, 7) is 1.45. The summed E-state index contributed by atoms with van der Waals surface area (Å²) in [5.74, 6) is 0. The second kappa shape index (κ2) is 7.20. The number of aliphatic hydroxyl groups is 1. The molecule has 15 heavy (non-hydrogen) atoms. The first-order chi connectivity index (χ1) is 7.25. The van der Waals surface area contributed by atoms with Gasteiger partial charge in [-0.3, -0.25) is 0 Å². The van der Waals surface area contributed by atoms with E-state index in [0.29, 0.717) is 18.7 Å². The molecule has 1 aliphatic rings. The predicted octanol–water partition coefficient (Wildman–Crippen LogP) is 1.35. The number of rotatable bonds is 6. The van der Waals surface area contributed by atoms with Crippen LogP contribution in [-0.2, 0) is 0 Å². The minimum Gasteiger partial charge on any atom is -0.396 e. The van der Waals surface area contributed by atoms with Crippen LogP contribution in [0.5, 0.6) is 0 Å². The SMILES string of the molecule is CN(CCCCCO)C1CCCCC1N. The van der Waals surface area contributed by atoms with E-state index in [-0.39, 0.29) is 0 Å². The number of nitrogens with zero attached hydrogens (tertiary/aromatic N) is 1. The van der Waals surface area contributed by atoms with Gasteiger partial charge in [-0.25, -0.2) is 0 Å². The molecule has 0 aromatic carbocycles. The molecule has 0 aromatic rings. The molecule has 1 rings (SSSR count). The Morgan fingerprint density at radius 1 is 1.20 bits per heavy atom. The van der Waals surface area contributed by atoms with Crippen molar-refractivity contribution in [1.82, 2.24) is 4.90 Å². The van der Waals surface area contributed by atoms with Crippen LogP contribution in [0.3, 0.4) is 0 Å². The standard InChI is InChI=1S/C12H26N2O/c1-14(9-5-2-6-10-15)12-8-4-3-7-11(12)13/h11-12,15H,2-10,13H2,1H3. The molecule has 0 radical (unpaired) electrons. The van der Waals surface area contributed by atoms with Crippen molar-refractivity contribution >= 4 is 0 Å². The van der Waals surface area contributed by atoms with Crippen LogP contribution in [0.25, 0.3) is 0 Å². The summed E-state index contributed by atoms with van der Waals surface area (Å²) < 4.78 is 0. The van der Waals surface area contributed by atoms with Gasteiger partial charge < -0.3 is 15.7 Å². The highest BCUT2D eigenvalue weighted by Gasteiger charge is 2.24. The normalized spacial score (nSPS) is 27.2. The maximum absolute atomic E-state index is 8.69. The fourth-order valence-corrected chi connectivity index (χ4v) is 2.50. The largest absolute Gasteiger partial charge is 0.396 e. The minimum absolute atomic E-state index is 0.326. The summed E-state index contributed by atoms with van der Waals surface area (Å²) in [7, 11) is 2.19. The molecule has 0 aromatic heterocycles. The summed E-state index contributed by atoms with van der Waals surface area (Å²) in [6.07, 6.45) is 8.33. The molecule has 1 aliphatic carbocycles. The van der Waals surface area contributed by atoms with Gasteiger partial charge >= 0.3 is 0 Å². The maximum Gasteiger partial charge on any atom is 0.0431 e. The first-order valence-electron chi connectivity index (χ1n) is 6.32. The van der Waals surface area contributed by atoms with Gasteiger partial charge in [0.1, 0.15) is 0 Å². The Morgan fingerprint density at radius 2 is 1.93 bits per heavy atom. The number of hydrogen-bond donors (Lipinski definition) is 2. The van der Waals surface area contributed by atoms with E-state index < -0.39 is 0 Å². The predicted molar refractivity (Wildman–Crippen MR) is 63.8 cm³/mol. The summed E-state index contributed by atoms with van der Waals surface area (Å²) in [4.78, 5) is 2.42. The van der Waals surface area contributed by atoms with Crippen LogP contribution in [0.1, 0.15) is 44.9 Å². The lowest BCUT2D eigenvalue weighted by Crippen LogP contribution is -2.48. The van der Waals surface area contributed by atoms with Crippen molar-refractivity contribution in [3.8, 4) is 0 Å². The number of likely N-dealkylation sites (N-methyl/N-ethyl adjacent to an activating group) is 1. The van der Waals surface area contributed by atoms with Gasteiger partial charge in [0.15, 0.2) is 0 Å². The summed E-state index contributed by atoms with van der Waals surface area (Å²) in [5, 5.41) is 8.69. The van der Waals surface area contributed by atoms with Gasteiger partial charge in [0.2, 0.25) is 0 Å². The van der Waals surface area contributed by atoms with E-state index in [2.05, 4.69) is 11.9 Å². The average Bonchev–Trinajstić information content (AvgIpc) is 2.25. The van der Waals surface area contributed by atoms with E-state index in [1.165, 1.54) is 32.1 Å². The Morgan fingerprint density at radius 3 is 2.60 bits per heavy atom. The molecule has 2 unspecified atom stereocenters. The van der Waals surface area contributed by atoms with Crippen LogP contribution in [0.4, 0.5) is 0 Å². The van der Waals surface area contributed by atoms with Gasteiger partial charge in [0.25, 0.3) is 0 Å². The van der Waals surface area contributed by atoms with Crippen LogP contribution in [0, 0.1) is 0 Å². The summed E-state index contributed by atoms with van der Waals surface area (Å²) in [5.41, 5.74) is 6.13. The van der Waals surface area contributed by atoms with Gasteiger partial charge in [-0.05, 0) is 45.7 Å². The molecule has 2 atom stereocenters. The quantitative estimate of drug-likeness (QED) is 0.656. The lowest BCUT2D eigenvalue weighted by Gasteiger charge is -2.36. The van der Waals surface area contributed by atoms with Crippen molar-refractivity contribution < 1.29 is 5.11 Å². The Bertz CT molecular complexity index is 164. The number of hydrogen-bond acceptors (Lipinski definition) is 3. The Kier molecular flexibility index (Phi) is 6.22. The fourth-order valence-electron chi connectivity index (χ4n) is 2.50. The third-order valence-electron chi connectivity index (χ3n) is 3.52. The second-order valence-corrected chi connectivity index (χ2v) is 4.78. The first kappa shape index (κ1) is 12.9. The van der Waals surface area contributed by atoms with Crippen molar-refractivity contribution in [3.05, 3.63) is 0 Å². The van der Waals surface area contributed by atoms with Crippen LogP contribution < -0.4 is 5.73 Å². The summed E-state index contributed by atoms with van der Waals surface area (Å²) in [6, 6.07) is 0.967. The van der Waals surface area contributed by atoms with Crippen molar-refractivity contribution in [2.45, 2.75) is 57.0 Å². The smallest absolute Gasteiger partial charge is 0.0431 e. The second-order valence-electron chi connectivity index (χ2n) is 4.78. The Balaban J connectivity index is 2.16. The molecule has 0 aliphatic heterocycles. The highest BCUT2D eigenvalue weighted by atomic mass is 16.2. The topological polar surface area (TPSA) is 49.5 Å². The highest BCUT2D eigenvalue weighted by molar-refractivity contribution is 4.84. The van der Waals surface area contributed by atoms with E-state index in [0.717, 1.165) is 19.4 Å². The molecular formula is C12H26N2O. The zero-order valence-electron chi connectivity index (χ0n) is 9.99. The van der Waals surface area contributed by atoms with E-state index in [1.807, 2.05) is 0 Å². The molecule has 3 heteroatoms. The van der Waals surface area contributed by atoms with Gasteiger partial charge in [-0.2, -0.15) is 0 Å². The van der Waals surface area contributed by atoms with E-state index >= 15 is 0 Å². The van der Waals surface area contributed by atoms with E-state index in [9.17, 15) is 0 Å². The van der Waals surface area contributed by atoms with Crippen LogP contribution in [0.15, 0.2) is 0 Å². The molecule has 0 heterocycles. The first-order valence-corrected chi connectivity index (χ1v) is 6.32. The molecule has 1 saturated carbocycles. The van der Waals surface area contributed by atoms with Gasteiger partial charge in [-0.1, -0.05) is 12.8 Å². The summed E-state index contributed by atoms with van der Waals surface area (Å²) >= 11 is 0. The van der Waals surface area contributed by atoms with E-state index in [4.69, 9.17) is 10.8 Å². The van der Waals surface area contributed by atoms with Crippen LogP contribution in [-0.4, -0.2) is 42.3 Å². The molecule has 3 N–H and O–H groups in total. The van der Waals surface area contributed by atoms with Crippen molar-refractivity contribution in [2.24, 2.45) is 5.73 Å². The molecule has 1 fully saturated rings. The number of aliphatic hydroxyl groups excluding tert-OH is 1. The average molecular weight is 214 g/mol. The maximum atomic E-state index is 8.69. The van der Waals surface area contributed by atoms with Gasteiger partial charge in [-0.15, -0.1) is 0 Å². The van der Waals surface area contributed by atoms with Crippen LogP contribution in [0.2, 0.25) is 0 Å². The molecule has 0 amide bonds. The molecule has 0 saturated heterocycles. The van der Waals surface area contributed by atoms with Gasteiger partial charge in [0, 0.05) is 18.7 Å². The molecule has 0 bridgehead atoms. The Labute approximate surface area is 93.6 Å². The fraction of sp³-hybridized carbons (Fsp3) is 1.00. The highest BCUT2D eigenvalue weighted by Crippen LogP contribution is 2.21. The lowest BCUT2D eigenvalue weighted by molar-refractivity contribution is 0.165. The Hall–Kier alpha value is -0.120. The van der Waals surface area contributed by atoms with Crippen LogP contribution >= 0.6 is 0 Å². The number of unbranched alkanes of at least 4 members (excludes halogenated alkanes) is 2. The van der Waals surface area contributed by atoms with Crippen molar-refractivity contribution in [2.75, 3.05) is 20.2 Å². The molecule has 3 nitrogen and oxygen atoms in total. The monoisotopic (exact) mass is 214 g/mol. The zero-order chi connectivity index (χ0) is 11.1. The molecular weight excluding hydrogens is 188 g/mol. The molecule has 90 valence electrons. The van der Waals surface area contributed by atoms with Gasteiger partial charge in [0.05, 0.1) is 0 Å². The number of nitrogens with two attached hydrogens (primary N) is 1. The minimum atomic E-state index is 0.326. The van der Waals surface area contributed by atoms with Crippen molar-refractivity contribution in [1.29, 1.82) is 0 Å². The van der Waals surface area contributed by atoms with Crippen molar-refractivity contribution in [3.63, 3.8) is 0 Å². The lowest BCUT2D eigenvalue weighted by atomic mass is 9.90. The van der Waals surface area contributed by atoms with E-state index in [1.54, 1.807) is 0 Å². The molecule has 0 spiro atoms. The third kappa shape index (κ3) is 4.49. The zero-order valence-corrected chi connectivity index (χ0v) is 9.99.